The summed E-state index contributed by atoms with van der Waals surface area (Å²) in [6, 6.07) is 5.89. The van der Waals surface area contributed by atoms with Crippen molar-refractivity contribution < 1.29 is 4.74 Å². The van der Waals surface area contributed by atoms with Gasteiger partial charge in [0.2, 0.25) is 0 Å². The van der Waals surface area contributed by atoms with E-state index in [0.717, 1.165) is 31.2 Å². The third kappa shape index (κ3) is 3.01. The molecule has 5 nitrogen and oxygen atoms in total. The van der Waals surface area contributed by atoms with Crippen LogP contribution in [-0.2, 0) is 11.3 Å². The average Bonchev–Trinajstić information content (AvgIpc) is 2.73. The molecule has 2 rings (SSSR count). The van der Waals surface area contributed by atoms with E-state index in [2.05, 4.69) is 22.4 Å². The quantitative estimate of drug-likeness (QED) is 0.813. The lowest BCUT2D eigenvalue weighted by Crippen LogP contribution is -2.24. The third-order valence-electron chi connectivity index (χ3n) is 2.61. The fourth-order valence-electron chi connectivity index (χ4n) is 1.79. The summed E-state index contributed by atoms with van der Waals surface area (Å²) in [4.78, 5) is 0. The maximum atomic E-state index is 5.09. The Balaban J connectivity index is 1.91. The van der Waals surface area contributed by atoms with Gasteiger partial charge in [0.1, 0.15) is 0 Å². The normalized spacial score (nSPS) is 13.1. The van der Waals surface area contributed by atoms with E-state index in [1.165, 1.54) is 0 Å². The summed E-state index contributed by atoms with van der Waals surface area (Å²) < 4.78 is 7.08. The molecule has 0 aliphatic heterocycles. The van der Waals surface area contributed by atoms with Gasteiger partial charge in [-0.2, -0.15) is 0 Å². The number of hydrogen-bond acceptors (Lipinski definition) is 4. The van der Waals surface area contributed by atoms with Crippen molar-refractivity contribution in [3.8, 4) is 0 Å². The first-order valence-corrected chi connectivity index (χ1v) is 5.79. The minimum absolute atomic E-state index is 0.499. The zero-order valence-corrected chi connectivity index (χ0v) is 10.3. The van der Waals surface area contributed by atoms with E-state index < -0.39 is 0 Å². The lowest BCUT2D eigenvalue weighted by Gasteiger charge is -2.10. The van der Waals surface area contributed by atoms with Gasteiger partial charge < -0.3 is 10.1 Å². The molecule has 0 radical (unpaired) electrons. The Kier molecular flexibility index (Phi) is 4.06. The van der Waals surface area contributed by atoms with Gasteiger partial charge in [0.15, 0.2) is 11.5 Å². The standard InChI is InChI=1S/C12H18N4O/c1-10(9-17-2)7-13-8-12-15-14-11-5-3-4-6-16(11)12/h3-6,10,13H,7-9H2,1-2H3. The van der Waals surface area contributed by atoms with Crippen molar-refractivity contribution in [2.45, 2.75) is 13.5 Å². The zero-order chi connectivity index (χ0) is 12.1. The SMILES string of the molecule is COCC(C)CNCc1nnc2ccccn12. The lowest BCUT2D eigenvalue weighted by molar-refractivity contribution is 0.158. The van der Waals surface area contributed by atoms with Crippen LogP contribution in [0.15, 0.2) is 24.4 Å². The van der Waals surface area contributed by atoms with Gasteiger partial charge in [-0.25, -0.2) is 0 Å². The molecule has 2 heterocycles. The molecule has 1 N–H and O–H groups in total. The Hall–Kier alpha value is -1.46. The van der Waals surface area contributed by atoms with Crippen molar-refractivity contribution >= 4 is 5.65 Å². The van der Waals surface area contributed by atoms with Gasteiger partial charge in [-0.15, -0.1) is 10.2 Å². The van der Waals surface area contributed by atoms with Crippen LogP contribution < -0.4 is 5.32 Å². The first-order valence-electron chi connectivity index (χ1n) is 5.79. The second-order valence-electron chi connectivity index (χ2n) is 4.24. The van der Waals surface area contributed by atoms with Crippen LogP contribution in [0.25, 0.3) is 5.65 Å². The summed E-state index contributed by atoms with van der Waals surface area (Å²) >= 11 is 0. The monoisotopic (exact) mass is 234 g/mol. The Bertz CT molecular complexity index is 468. The van der Waals surface area contributed by atoms with E-state index in [1.807, 2.05) is 28.8 Å². The molecule has 0 amide bonds. The molecule has 0 fully saturated rings. The number of methoxy groups -OCH3 is 1. The Morgan fingerprint density at radius 3 is 3.12 bits per heavy atom. The molecular weight excluding hydrogens is 216 g/mol. The molecule has 2 aromatic heterocycles. The first-order chi connectivity index (χ1) is 8.31. The molecular formula is C12H18N4O. The predicted octanol–water partition coefficient (Wildman–Crippen LogP) is 1.10. The molecule has 5 heteroatoms. The van der Waals surface area contributed by atoms with Crippen LogP contribution in [0.1, 0.15) is 12.7 Å². The molecule has 0 bridgehead atoms. The molecule has 0 spiro atoms. The van der Waals surface area contributed by atoms with E-state index >= 15 is 0 Å². The Morgan fingerprint density at radius 1 is 1.41 bits per heavy atom. The van der Waals surface area contributed by atoms with Crippen LogP contribution in [0.2, 0.25) is 0 Å². The van der Waals surface area contributed by atoms with Crippen molar-refractivity contribution in [3.05, 3.63) is 30.2 Å². The van der Waals surface area contributed by atoms with Crippen molar-refractivity contribution in [1.82, 2.24) is 19.9 Å². The summed E-state index contributed by atoms with van der Waals surface area (Å²) in [5.74, 6) is 1.43. The summed E-state index contributed by atoms with van der Waals surface area (Å²) in [6.07, 6.45) is 1.98. The van der Waals surface area contributed by atoms with Crippen LogP contribution in [0.4, 0.5) is 0 Å². The number of fused-ring (bicyclic) bond motifs is 1. The number of hydrogen-bond donors (Lipinski definition) is 1. The van der Waals surface area contributed by atoms with Crippen molar-refractivity contribution in [2.75, 3.05) is 20.3 Å². The highest BCUT2D eigenvalue weighted by Gasteiger charge is 2.05. The molecule has 17 heavy (non-hydrogen) atoms. The van der Waals surface area contributed by atoms with Crippen molar-refractivity contribution in [1.29, 1.82) is 0 Å². The minimum atomic E-state index is 0.499. The summed E-state index contributed by atoms with van der Waals surface area (Å²) in [7, 11) is 1.72. The fourth-order valence-corrected chi connectivity index (χ4v) is 1.79. The van der Waals surface area contributed by atoms with E-state index in [-0.39, 0.29) is 0 Å². The van der Waals surface area contributed by atoms with Crippen LogP contribution in [0, 0.1) is 5.92 Å². The number of aromatic nitrogens is 3. The van der Waals surface area contributed by atoms with E-state index in [4.69, 9.17) is 4.74 Å². The highest BCUT2D eigenvalue weighted by atomic mass is 16.5. The highest BCUT2D eigenvalue weighted by molar-refractivity contribution is 5.36. The third-order valence-corrected chi connectivity index (χ3v) is 2.61. The summed E-state index contributed by atoms with van der Waals surface area (Å²) in [6.45, 7) is 4.56. The lowest BCUT2D eigenvalue weighted by atomic mass is 10.2. The Labute approximate surface area is 101 Å². The average molecular weight is 234 g/mol. The van der Waals surface area contributed by atoms with Crippen molar-refractivity contribution in [3.63, 3.8) is 0 Å². The molecule has 0 aliphatic carbocycles. The van der Waals surface area contributed by atoms with Gasteiger partial charge >= 0.3 is 0 Å². The molecule has 0 aromatic carbocycles. The van der Waals surface area contributed by atoms with Gasteiger partial charge in [0, 0.05) is 26.5 Å². The second-order valence-corrected chi connectivity index (χ2v) is 4.24. The number of pyridine rings is 1. The van der Waals surface area contributed by atoms with Crippen LogP contribution in [0.3, 0.4) is 0 Å². The minimum Gasteiger partial charge on any atom is -0.384 e. The van der Waals surface area contributed by atoms with Gasteiger partial charge in [0.25, 0.3) is 0 Å². The van der Waals surface area contributed by atoms with Crippen molar-refractivity contribution in [2.24, 2.45) is 5.92 Å². The van der Waals surface area contributed by atoms with Crippen LogP contribution >= 0.6 is 0 Å². The molecule has 92 valence electrons. The van der Waals surface area contributed by atoms with E-state index in [1.54, 1.807) is 7.11 Å². The smallest absolute Gasteiger partial charge is 0.160 e. The van der Waals surface area contributed by atoms with E-state index in [0.29, 0.717) is 5.92 Å². The molecule has 2 aromatic rings. The predicted molar refractivity (Wildman–Crippen MR) is 65.7 cm³/mol. The Morgan fingerprint density at radius 2 is 2.29 bits per heavy atom. The van der Waals surface area contributed by atoms with Gasteiger partial charge in [-0.05, 0) is 18.1 Å². The molecule has 0 saturated heterocycles. The zero-order valence-electron chi connectivity index (χ0n) is 10.3. The molecule has 0 aliphatic rings. The van der Waals surface area contributed by atoms with Gasteiger partial charge in [-0.1, -0.05) is 13.0 Å². The number of nitrogens with zero attached hydrogens (tertiary/aromatic N) is 3. The maximum Gasteiger partial charge on any atom is 0.160 e. The van der Waals surface area contributed by atoms with E-state index in [9.17, 15) is 0 Å². The largest absolute Gasteiger partial charge is 0.384 e. The number of rotatable bonds is 6. The highest BCUT2D eigenvalue weighted by Crippen LogP contribution is 2.02. The van der Waals surface area contributed by atoms with Gasteiger partial charge in [0.05, 0.1) is 6.54 Å². The number of ether oxygens (including phenoxy) is 1. The maximum absolute atomic E-state index is 5.09. The summed E-state index contributed by atoms with van der Waals surface area (Å²) in [5.41, 5.74) is 0.884. The number of nitrogens with one attached hydrogen (secondary N) is 1. The summed E-state index contributed by atoms with van der Waals surface area (Å²) in [5, 5.41) is 11.6. The molecule has 1 unspecified atom stereocenters. The molecule has 0 saturated carbocycles. The first kappa shape index (κ1) is 12.0. The van der Waals surface area contributed by atoms with Crippen LogP contribution in [0.5, 0.6) is 0 Å². The fraction of sp³-hybridized carbons (Fsp3) is 0.500. The molecule has 1 atom stereocenters. The topological polar surface area (TPSA) is 51.5 Å². The second kappa shape index (κ2) is 5.75. The van der Waals surface area contributed by atoms with Crippen LogP contribution in [-0.4, -0.2) is 34.9 Å². The van der Waals surface area contributed by atoms with Gasteiger partial charge in [-0.3, -0.25) is 4.40 Å².